The number of nitrogens with one attached hydrogen (secondary N) is 1. The highest BCUT2D eigenvalue weighted by atomic mass is 35.5. The molecule has 0 radical (unpaired) electrons. The molecule has 0 bridgehead atoms. The molecule has 2 aromatic carbocycles. The highest BCUT2D eigenvalue weighted by Gasteiger charge is 2.30. The molecule has 2 fully saturated rings. The van der Waals surface area contributed by atoms with E-state index in [1.54, 1.807) is 13.2 Å². The molecule has 1 amide bonds. The maximum absolute atomic E-state index is 12.3. The van der Waals surface area contributed by atoms with Crippen LogP contribution in [-0.4, -0.2) is 43.1 Å². The lowest BCUT2D eigenvalue weighted by atomic mass is 9.85. The van der Waals surface area contributed by atoms with Gasteiger partial charge in [-0.3, -0.25) is 4.79 Å². The van der Waals surface area contributed by atoms with Crippen LogP contribution in [0.5, 0.6) is 5.75 Å². The second-order valence-corrected chi connectivity index (χ2v) is 9.39. The van der Waals surface area contributed by atoms with E-state index >= 15 is 0 Å². The van der Waals surface area contributed by atoms with Gasteiger partial charge in [-0.2, -0.15) is 0 Å². The number of piperidine rings is 1. The molecule has 0 aromatic heterocycles. The van der Waals surface area contributed by atoms with E-state index < -0.39 is 0 Å². The van der Waals surface area contributed by atoms with Gasteiger partial charge in [0.05, 0.1) is 7.11 Å². The van der Waals surface area contributed by atoms with Crippen LogP contribution in [0.1, 0.15) is 55.6 Å². The summed E-state index contributed by atoms with van der Waals surface area (Å²) in [6.07, 6.45) is 10.2. The number of likely N-dealkylation sites (tertiary alicyclic amines) is 1. The Morgan fingerprint density at radius 1 is 1.03 bits per heavy atom. The van der Waals surface area contributed by atoms with Crippen molar-refractivity contribution in [1.29, 1.82) is 0 Å². The summed E-state index contributed by atoms with van der Waals surface area (Å²) in [7, 11) is 1.76. The number of carbonyl (C=O) groups is 1. The molecule has 2 aliphatic rings. The zero-order chi connectivity index (χ0) is 22.3. The lowest BCUT2D eigenvalue weighted by Gasteiger charge is -2.41. The van der Waals surface area contributed by atoms with E-state index in [4.69, 9.17) is 16.3 Å². The number of methoxy groups -OCH3 is 1. The van der Waals surface area contributed by atoms with Crippen molar-refractivity contribution in [3.8, 4) is 5.75 Å². The fourth-order valence-electron chi connectivity index (χ4n) is 5.20. The summed E-state index contributed by atoms with van der Waals surface area (Å²) in [5, 5.41) is 3.86. The molecule has 1 aliphatic carbocycles. The number of halogens is 1. The molecule has 4 nitrogen and oxygen atoms in total. The molecular weight excluding hydrogens is 420 g/mol. The predicted octanol–water partition coefficient (Wildman–Crippen LogP) is 5.67. The molecule has 4 rings (SSSR count). The molecule has 1 N–H and O–H groups in total. The van der Waals surface area contributed by atoms with Crippen molar-refractivity contribution >= 4 is 23.6 Å². The molecule has 0 spiro atoms. The smallest absolute Gasteiger partial charge is 0.244 e. The molecule has 1 saturated carbocycles. The van der Waals surface area contributed by atoms with Crippen LogP contribution in [0.3, 0.4) is 0 Å². The summed E-state index contributed by atoms with van der Waals surface area (Å²) in [4.78, 5) is 15.0. The number of para-hydroxylation sites is 1. The third-order valence-corrected chi connectivity index (χ3v) is 7.18. The normalized spacial score (nSPS) is 22.7. The molecule has 5 heteroatoms. The number of rotatable bonds is 6. The average Bonchev–Trinajstić information content (AvgIpc) is 2.83. The van der Waals surface area contributed by atoms with Crippen molar-refractivity contribution in [2.75, 3.05) is 20.2 Å². The van der Waals surface area contributed by atoms with Gasteiger partial charge in [0.2, 0.25) is 5.91 Å². The highest BCUT2D eigenvalue weighted by molar-refractivity contribution is 6.30. The summed E-state index contributed by atoms with van der Waals surface area (Å²) in [5.74, 6) is 1.59. The second kappa shape index (κ2) is 11.0. The summed E-state index contributed by atoms with van der Waals surface area (Å²) >= 11 is 6.00. The van der Waals surface area contributed by atoms with Crippen LogP contribution in [0, 0.1) is 0 Å². The van der Waals surface area contributed by atoms with E-state index in [1.165, 1.54) is 18.4 Å². The number of benzene rings is 2. The number of hydrogen-bond acceptors (Lipinski definition) is 3. The van der Waals surface area contributed by atoms with Crippen LogP contribution >= 0.6 is 11.6 Å². The minimum Gasteiger partial charge on any atom is -0.496 e. The largest absolute Gasteiger partial charge is 0.496 e. The molecule has 2 aromatic rings. The van der Waals surface area contributed by atoms with Crippen molar-refractivity contribution in [3.63, 3.8) is 0 Å². The Labute approximate surface area is 196 Å². The Morgan fingerprint density at radius 3 is 2.50 bits per heavy atom. The van der Waals surface area contributed by atoms with Crippen molar-refractivity contribution in [1.82, 2.24) is 10.2 Å². The van der Waals surface area contributed by atoms with Crippen LogP contribution < -0.4 is 10.1 Å². The molecular formula is C27H33ClN2O2. The Hall–Kier alpha value is -2.30. The molecule has 0 unspecified atom stereocenters. The Kier molecular flexibility index (Phi) is 7.88. The standard InChI is InChI=1S/C27H33ClN2O2/c1-32-26-8-3-2-7-25(26)21-15-17-30(18-16-21)24-12-10-23(11-13-24)29-27(31)14-9-20-5-4-6-22(28)19-20/h2-9,14,19,21,23-24H,10-13,15-18H2,1H3,(H,29,31)/b14-9+. The Morgan fingerprint density at radius 2 is 1.78 bits per heavy atom. The van der Waals surface area contributed by atoms with E-state index in [9.17, 15) is 4.79 Å². The van der Waals surface area contributed by atoms with Gasteiger partial charge in [0.1, 0.15) is 5.75 Å². The van der Waals surface area contributed by atoms with Gasteiger partial charge in [-0.05, 0) is 92.9 Å². The SMILES string of the molecule is COc1ccccc1C1CCN(C2CCC(NC(=O)/C=C/c3cccc(Cl)c3)CC2)CC1. The van der Waals surface area contributed by atoms with Crippen LogP contribution in [0.4, 0.5) is 0 Å². The molecule has 1 saturated heterocycles. The second-order valence-electron chi connectivity index (χ2n) is 8.95. The molecule has 170 valence electrons. The first-order valence-corrected chi connectivity index (χ1v) is 12.1. The maximum Gasteiger partial charge on any atom is 0.244 e. The monoisotopic (exact) mass is 452 g/mol. The summed E-state index contributed by atoms with van der Waals surface area (Å²) in [6, 6.07) is 16.9. The first kappa shape index (κ1) is 22.9. The fourth-order valence-corrected chi connectivity index (χ4v) is 5.39. The number of hydrogen-bond donors (Lipinski definition) is 1. The van der Waals surface area contributed by atoms with Crippen LogP contribution in [0.2, 0.25) is 5.02 Å². The third kappa shape index (κ3) is 5.93. The van der Waals surface area contributed by atoms with Gasteiger partial charge in [0.15, 0.2) is 0 Å². The maximum atomic E-state index is 12.3. The van der Waals surface area contributed by atoms with E-state index in [0.717, 1.165) is 50.1 Å². The van der Waals surface area contributed by atoms with Gasteiger partial charge in [0, 0.05) is 23.2 Å². The van der Waals surface area contributed by atoms with Gasteiger partial charge in [-0.15, -0.1) is 0 Å². The lowest BCUT2D eigenvalue weighted by Crippen LogP contribution is -2.46. The molecule has 1 heterocycles. The van der Waals surface area contributed by atoms with E-state index in [2.05, 4.69) is 28.4 Å². The van der Waals surface area contributed by atoms with E-state index in [0.29, 0.717) is 17.0 Å². The van der Waals surface area contributed by atoms with Gasteiger partial charge in [0.25, 0.3) is 0 Å². The topological polar surface area (TPSA) is 41.6 Å². The first-order valence-electron chi connectivity index (χ1n) is 11.7. The minimum atomic E-state index is -0.0222. The molecule has 0 atom stereocenters. The zero-order valence-electron chi connectivity index (χ0n) is 18.8. The van der Waals surface area contributed by atoms with Crippen LogP contribution in [0.15, 0.2) is 54.6 Å². The van der Waals surface area contributed by atoms with Gasteiger partial charge >= 0.3 is 0 Å². The first-order chi connectivity index (χ1) is 15.6. The van der Waals surface area contributed by atoms with E-state index in [-0.39, 0.29) is 11.9 Å². The third-order valence-electron chi connectivity index (χ3n) is 6.94. The van der Waals surface area contributed by atoms with Gasteiger partial charge in [-0.25, -0.2) is 0 Å². The summed E-state index contributed by atoms with van der Waals surface area (Å²) in [6.45, 7) is 2.29. The van der Waals surface area contributed by atoms with Crippen molar-refractivity contribution < 1.29 is 9.53 Å². The minimum absolute atomic E-state index is 0.0222. The van der Waals surface area contributed by atoms with Crippen LogP contribution in [-0.2, 0) is 4.79 Å². The Bertz CT molecular complexity index is 929. The van der Waals surface area contributed by atoms with E-state index in [1.807, 2.05) is 36.4 Å². The number of ether oxygens (including phenoxy) is 1. The number of nitrogens with zero attached hydrogens (tertiary/aromatic N) is 1. The van der Waals surface area contributed by atoms with Crippen molar-refractivity contribution in [3.05, 3.63) is 70.8 Å². The molecule has 1 aliphatic heterocycles. The fraction of sp³-hybridized carbons (Fsp3) is 0.444. The van der Waals surface area contributed by atoms with Crippen molar-refractivity contribution in [2.24, 2.45) is 0 Å². The summed E-state index contributed by atoms with van der Waals surface area (Å²) < 4.78 is 5.57. The zero-order valence-corrected chi connectivity index (χ0v) is 19.6. The van der Waals surface area contributed by atoms with Crippen molar-refractivity contribution in [2.45, 2.75) is 56.5 Å². The quantitative estimate of drug-likeness (QED) is 0.574. The van der Waals surface area contributed by atoms with Gasteiger partial charge < -0.3 is 15.0 Å². The number of amides is 1. The lowest BCUT2D eigenvalue weighted by molar-refractivity contribution is -0.117. The predicted molar refractivity (Wildman–Crippen MR) is 131 cm³/mol. The molecule has 32 heavy (non-hydrogen) atoms. The van der Waals surface area contributed by atoms with Gasteiger partial charge in [-0.1, -0.05) is 41.9 Å². The number of carbonyl (C=O) groups excluding carboxylic acids is 1. The Balaban J connectivity index is 1.21. The highest BCUT2D eigenvalue weighted by Crippen LogP contribution is 2.36. The summed E-state index contributed by atoms with van der Waals surface area (Å²) in [5.41, 5.74) is 2.29. The van der Waals surface area contributed by atoms with Crippen LogP contribution in [0.25, 0.3) is 6.08 Å². The average molecular weight is 453 g/mol.